The van der Waals surface area contributed by atoms with Crippen LogP contribution in [0.5, 0.6) is 0 Å². The van der Waals surface area contributed by atoms with Gasteiger partial charge in [0.15, 0.2) is 0 Å². The van der Waals surface area contributed by atoms with Gasteiger partial charge in [0.25, 0.3) is 10.0 Å². The van der Waals surface area contributed by atoms with E-state index in [0.29, 0.717) is 30.6 Å². The molecule has 3 rings (SSSR count). The van der Waals surface area contributed by atoms with Gasteiger partial charge in [0.2, 0.25) is 15.9 Å². The molecule has 2 aromatic carbocycles. The maximum absolute atomic E-state index is 13.1. The van der Waals surface area contributed by atoms with Crippen LogP contribution in [0.4, 0.5) is 5.69 Å². The summed E-state index contributed by atoms with van der Waals surface area (Å²) in [7, 11) is -4.71. The molecule has 0 aliphatic carbocycles. The van der Waals surface area contributed by atoms with Gasteiger partial charge in [0.1, 0.15) is 0 Å². The first-order chi connectivity index (χ1) is 13.0. The molecule has 1 aliphatic rings. The van der Waals surface area contributed by atoms with Crippen LogP contribution >= 0.6 is 0 Å². The summed E-state index contributed by atoms with van der Waals surface area (Å²) in [5, 5.41) is 0. The van der Waals surface area contributed by atoms with Gasteiger partial charge in [0.05, 0.1) is 15.5 Å². The molecule has 1 heterocycles. The first-order valence-corrected chi connectivity index (χ1v) is 11.4. The van der Waals surface area contributed by atoms with Crippen molar-refractivity contribution in [1.82, 2.24) is 4.31 Å². The van der Waals surface area contributed by atoms with Crippen LogP contribution in [0.1, 0.15) is 22.3 Å². The van der Waals surface area contributed by atoms with E-state index in [1.54, 1.807) is 12.1 Å². The van der Waals surface area contributed by atoms with Crippen molar-refractivity contribution in [3.8, 4) is 0 Å². The van der Waals surface area contributed by atoms with Crippen molar-refractivity contribution in [3.05, 3.63) is 53.6 Å². The normalized spacial score (nSPS) is 14.8. The third kappa shape index (κ3) is 3.50. The highest BCUT2D eigenvalue weighted by Crippen LogP contribution is 2.33. The predicted octanol–water partition coefficient (Wildman–Crippen LogP) is 1.18. The van der Waals surface area contributed by atoms with E-state index in [0.717, 1.165) is 9.87 Å². The number of amides is 1. The van der Waals surface area contributed by atoms with E-state index in [-0.39, 0.29) is 9.79 Å². The molecule has 28 heavy (non-hydrogen) atoms. The number of hydrogen-bond acceptors (Lipinski definition) is 5. The number of nitrogens with zero attached hydrogens (tertiary/aromatic N) is 2. The number of benzene rings is 2. The van der Waals surface area contributed by atoms with Crippen LogP contribution in [0.3, 0.4) is 0 Å². The number of primary amides is 1. The summed E-state index contributed by atoms with van der Waals surface area (Å²) in [5.41, 5.74) is 6.87. The number of anilines is 1. The van der Waals surface area contributed by atoms with Crippen molar-refractivity contribution in [3.63, 3.8) is 0 Å². The Bertz CT molecular complexity index is 1120. The largest absolute Gasteiger partial charge is 0.366 e. The van der Waals surface area contributed by atoms with Crippen molar-refractivity contribution in [1.29, 1.82) is 0 Å². The maximum atomic E-state index is 13.1. The molecule has 1 amide bonds. The van der Waals surface area contributed by atoms with Crippen LogP contribution in [0, 0.1) is 0 Å². The zero-order chi connectivity index (χ0) is 20.7. The second kappa shape index (κ2) is 7.19. The van der Waals surface area contributed by atoms with Gasteiger partial charge in [-0.1, -0.05) is 0 Å². The highest BCUT2D eigenvalue weighted by atomic mass is 32.2. The molecular formula is C18H21N3O5S2. The van der Waals surface area contributed by atoms with Crippen molar-refractivity contribution >= 4 is 31.6 Å². The predicted molar refractivity (Wildman–Crippen MR) is 105 cm³/mol. The average molecular weight is 424 g/mol. The van der Waals surface area contributed by atoms with Crippen LogP contribution in [0.2, 0.25) is 0 Å². The minimum absolute atomic E-state index is 0.00275. The SMILES string of the molecule is CN(C)S(=O)(=O)c1ccc(S(=O)(=O)N2CCCc3cc(C(N)=O)ccc32)cc1. The fourth-order valence-electron chi connectivity index (χ4n) is 3.09. The van der Waals surface area contributed by atoms with Crippen molar-refractivity contribution < 1.29 is 21.6 Å². The first-order valence-electron chi connectivity index (χ1n) is 8.53. The summed E-state index contributed by atoms with van der Waals surface area (Å²) in [6.45, 7) is 0.295. The van der Waals surface area contributed by atoms with Crippen LogP contribution in [-0.2, 0) is 26.5 Å². The average Bonchev–Trinajstić information content (AvgIpc) is 2.66. The second-order valence-corrected chi connectivity index (χ2v) is 10.7. The number of aryl methyl sites for hydroxylation is 1. The van der Waals surface area contributed by atoms with Gasteiger partial charge in [-0.15, -0.1) is 0 Å². The first kappa shape index (κ1) is 20.3. The molecule has 0 bridgehead atoms. The zero-order valence-corrected chi connectivity index (χ0v) is 17.1. The van der Waals surface area contributed by atoms with Gasteiger partial charge in [0, 0.05) is 26.2 Å². The van der Waals surface area contributed by atoms with Crippen LogP contribution in [0.15, 0.2) is 52.3 Å². The lowest BCUT2D eigenvalue weighted by Crippen LogP contribution is -2.35. The Labute approximate surface area is 164 Å². The smallest absolute Gasteiger partial charge is 0.264 e. The highest BCUT2D eigenvalue weighted by molar-refractivity contribution is 7.92. The Hall–Kier alpha value is -2.43. The molecule has 0 spiro atoms. The van der Waals surface area contributed by atoms with E-state index in [1.807, 2.05) is 0 Å². The molecule has 2 N–H and O–H groups in total. The van der Waals surface area contributed by atoms with E-state index in [4.69, 9.17) is 5.73 Å². The molecule has 0 radical (unpaired) electrons. The number of rotatable bonds is 5. The number of fused-ring (bicyclic) bond motifs is 1. The fourth-order valence-corrected chi connectivity index (χ4v) is 5.53. The number of nitrogens with two attached hydrogens (primary N) is 1. The van der Waals surface area contributed by atoms with E-state index >= 15 is 0 Å². The highest BCUT2D eigenvalue weighted by Gasteiger charge is 2.30. The molecular weight excluding hydrogens is 402 g/mol. The molecule has 0 aromatic heterocycles. The fraction of sp³-hybridized carbons (Fsp3) is 0.278. The Morgan fingerprint density at radius 1 is 1.00 bits per heavy atom. The third-order valence-corrected chi connectivity index (χ3v) is 8.29. The number of carbonyl (C=O) groups excluding carboxylic acids is 1. The van der Waals surface area contributed by atoms with Crippen molar-refractivity contribution in [2.75, 3.05) is 24.9 Å². The Morgan fingerprint density at radius 2 is 1.61 bits per heavy atom. The Balaban J connectivity index is 2.00. The molecule has 8 nitrogen and oxygen atoms in total. The summed E-state index contributed by atoms with van der Waals surface area (Å²) >= 11 is 0. The summed E-state index contributed by atoms with van der Waals surface area (Å²) < 4.78 is 53.0. The Morgan fingerprint density at radius 3 is 2.18 bits per heavy atom. The molecule has 0 atom stereocenters. The van der Waals surface area contributed by atoms with Crippen LogP contribution < -0.4 is 10.0 Å². The summed E-state index contributed by atoms with van der Waals surface area (Å²) in [6, 6.07) is 9.84. The monoisotopic (exact) mass is 423 g/mol. The quantitative estimate of drug-likeness (QED) is 0.775. The van der Waals surface area contributed by atoms with Gasteiger partial charge in [-0.2, -0.15) is 0 Å². The van der Waals surface area contributed by atoms with Crippen LogP contribution in [-0.4, -0.2) is 47.7 Å². The lowest BCUT2D eigenvalue weighted by Gasteiger charge is -2.30. The zero-order valence-electron chi connectivity index (χ0n) is 15.5. The van der Waals surface area contributed by atoms with E-state index in [1.165, 1.54) is 48.7 Å². The van der Waals surface area contributed by atoms with E-state index < -0.39 is 26.0 Å². The van der Waals surface area contributed by atoms with Gasteiger partial charge in [-0.05, 0) is 60.9 Å². The molecule has 0 unspecified atom stereocenters. The summed E-state index contributed by atoms with van der Waals surface area (Å²) in [6.07, 6.45) is 1.24. The van der Waals surface area contributed by atoms with Crippen molar-refractivity contribution in [2.45, 2.75) is 22.6 Å². The molecule has 2 aromatic rings. The van der Waals surface area contributed by atoms with Gasteiger partial charge >= 0.3 is 0 Å². The van der Waals surface area contributed by atoms with E-state index in [2.05, 4.69) is 0 Å². The van der Waals surface area contributed by atoms with Gasteiger partial charge < -0.3 is 5.73 Å². The second-order valence-electron chi connectivity index (χ2n) is 6.65. The van der Waals surface area contributed by atoms with E-state index in [9.17, 15) is 21.6 Å². The lowest BCUT2D eigenvalue weighted by atomic mass is 10.0. The molecule has 0 saturated carbocycles. The van der Waals surface area contributed by atoms with Crippen molar-refractivity contribution in [2.24, 2.45) is 5.73 Å². The molecule has 0 fully saturated rings. The standard InChI is InChI=1S/C18H21N3O5S2/c1-20(2)27(23,24)15-6-8-16(9-7-15)28(25,26)21-11-3-4-13-12-14(18(19)22)5-10-17(13)21/h5-10,12H,3-4,11H2,1-2H3,(H2,19,22). The molecule has 150 valence electrons. The lowest BCUT2D eigenvalue weighted by molar-refractivity contribution is 0.1000. The molecule has 0 saturated heterocycles. The van der Waals surface area contributed by atoms with Gasteiger partial charge in [-0.25, -0.2) is 21.1 Å². The summed E-state index contributed by atoms with van der Waals surface area (Å²) in [4.78, 5) is 11.4. The minimum atomic E-state index is -3.88. The topological polar surface area (TPSA) is 118 Å². The minimum Gasteiger partial charge on any atom is -0.366 e. The van der Waals surface area contributed by atoms with Gasteiger partial charge in [-0.3, -0.25) is 9.10 Å². The number of carbonyl (C=O) groups is 1. The maximum Gasteiger partial charge on any atom is 0.264 e. The number of sulfonamides is 2. The molecule has 1 aliphatic heterocycles. The van der Waals surface area contributed by atoms with Crippen LogP contribution in [0.25, 0.3) is 0 Å². The third-order valence-electron chi connectivity index (χ3n) is 4.63. The Kier molecular flexibility index (Phi) is 5.22. The number of hydrogen-bond donors (Lipinski definition) is 1. The summed E-state index contributed by atoms with van der Waals surface area (Å²) in [5.74, 6) is -0.569. The molecule has 10 heteroatoms.